The number of nitrogens with one attached hydrogen (secondary N) is 1. The molecule has 0 bridgehead atoms. The Morgan fingerprint density at radius 3 is 2.92 bits per heavy atom. The lowest BCUT2D eigenvalue weighted by molar-refractivity contribution is 0.773. The topological polar surface area (TPSA) is 37.8 Å². The summed E-state index contributed by atoms with van der Waals surface area (Å²) in [5.41, 5.74) is 1.07. The lowest BCUT2D eigenvalue weighted by Crippen LogP contribution is -1.97. The van der Waals surface area contributed by atoms with E-state index in [2.05, 4.69) is 22.2 Å². The molecule has 0 aromatic carbocycles. The van der Waals surface area contributed by atoms with E-state index < -0.39 is 0 Å². The van der Waals surface area contributed by atoms with Crippen molar-refractivity contribution in [3.8, 4) is 0 Å². The van der Waals surface area contributed by atoms with Gasteiger partial charge in [0.15, 0.2) is 0 Å². The number of hydrogen-bond acceptors (Lipinski definition) is 3. The van der Waals surface area contributed by atoms with Crippen LogP contribution in [-0.2, 0) is 6.42 Å². The molecule has 0 spiro atoms. The zero-order valence-electron chi connectivity index (χ0n) is 7.67. The highest BCUT2D eigenvalue weighted by Crippen LogP contribution is 2.04. The molecule has 0 amide bonds. The molecule has 0 aliphatic rings. The summed E-state index contributed by atoms with van der Waals surface area (Å²) >= 11 is 0. The van der Waals surface area contributed by atoms with E-state index in [1.54, 1.807) is 6.20 Å². The Morgan fingerprint density at radius 1 is 1.42 bits per heavy atom. The van der Waals surface area contributed by atoms with Crippen LogP contribution in [0.1, 0.15) is 25.5 Å². The van der Waals surface area contributed by atoms with Gasteiger partial charge >= 0.3 is 0 Å². The van der Waals surface area contributed by atoms with E-state index >= 15 is 0 Å². The Labute approximate surface area is 73.2 Å². The van der Waals surface area contributed by atoms with Crippen molar-refractivity contribution in [3.63, 3.8) is 0 Å². The number of nitrogens with zero attached hydrogens (tertiary/aromatic N) is 2. The first-order chi connectivity index (χ1) is 5.86. The number of rotatable bonds is 4. The maximum Gasteiger partial charge on any atom is 0.144 e. The molecule has 1 aromatic rings. The third kappa shape index (κ3) is 2.49. The predicted molar refractivity (Wildman–Crippen MR) is 50.2 cm³/mol. The lowest BCUT2D eigenvalue weighted by atomic mass is 10.2. The molecular weight excluding hydrogens is 150 g/mol. The minimum Gasteiger partial charge on any atom is -0.372 e. The Kier molecular flexibility index (Phi) is 3.51. The summed E-state index contributed by atoms with van der Waals surface area (Å²) < 4.78 is 0. The Balaban J connectivity index is 2.60. The van der Waals surface area contributed by atoms with Gasteiger partial charge in [0.2, 0.25) is 0 Å². The molecule has 1 rings (SSSR count). The van der Waals surface area contributed by atoms with E-state index in [-0.39, 0.29) is 0 Å². The van der Waals surface area contributed by atoms with E-state index in [0.717, 1.165) is 17.9 Å². The van der Waals surface area contributed by atoms with E-state index in [4.69, 9.17) is 0 Å². The van der Waals surface area contributed by atoms with E-state index in [1.807, 2.05) is 13.2 Å². The normalized spacial score (nSPS) is 9.83. The Hall–Kier alpha value is -1.12. The Morgan fingerprint density at radius 2 is 2.25 bits per heavy atom. The molecule has 0 aliphatic carbocycles. The van der Waals surface area contributed by atoms with Gasteiger partial charge in [0.1, 0.15) is 5.82 Å². The summed E-state index contributed by atoms with van der Waals surface area (Å²) in [5.74, 6) is 0.851. The molecule has 3 nitrogen and oxygen atoms in total. The van der Waals surface area contributed by atoms with Gasteiger partial charge in [-0.25, -0.2) is 4.98 Å². The first-order valence-corrected chi connectivity index (χ1v) is 4.35. The average molecular weight is 165 g/mol. The molecule has 0 radical (unpaired) electrons. The highest BCUT2D eigenvalue weighted by atomic mass is 15.0. The third-order valence-corrected chi connectivity index (χ3v) is 1.73. The van der Waals surface area contributed by atoms with Gasteiger partial charge in [-0.3, -0.25) is 4.98 Å². The number of anilines is 1. The van der Waals surface area contributed by atoms with Gasteiger partial charge in [-0.2, -0.15) is 0 Å². The molecule has 1 heterocycles. The smallest absolute Gasteiger partial charge is 0.144 e. The fourth-order valence-corrected chi connectivity index (χ4v) is 1.01. The van der Waals surface area contributed by atoms with Crippen LogP contribution in [0, 0.1) is 0 Å². The molecule has 0 saturated carbocycles. The van der Waals surface area contributed by atoms with Gasteiger partial charge in [-0.05, 0) is 12.8 Å². The second-order valence-electron chi connectivity index (χ2n) is 2.75. The van der Waals surface area contributed by atoms with Crippen molar-refractivity contribution in [1.82, 2.24) is 9.97 Å². The molecule has 1 N–H and O–H groups in total. The van der Waals surface area contributed by atoms with Crippen LogP contribution in [0.3, 0.4) is 0 Å². The number of unbranched alkanes of at least 4 members (excludes halogenated alkanes) is 1. The molecular formula is C9H15N3. The third-order valence-electron chi connectivity index (χ3n) is 1.73. The summed E-state index contributed by atoms with van der Waals surface area (Å²) in [5, 5.41) is 2.97. The van der Waals surface area contributed by atoms with Crippen molar-refractivity contribution in [1.29, 1.82) is 0 Å². The highest BCUT2D eigenvalue weighted by Gasteiger charge is 1.95. The summed E-state index contributed by atoms with van der Waals surface area (Å²) in [6, 6.07) is 0. The van der Waals surface area contributed by atoms with Crippen molar-refractivity contribution in [2.24, 2.45) is 0 Å². The largest absolute Gasteiger partial charge is 0.372 e. The fourth-order valence-electron chi connectivity index (χ4n) is 1.01. The fraction of sp³-hybridized carbons (Fsp3) is 0.556. The number of aromatic nitrogens is 2. The molecule has 0 aliphatic heterocycles. The van der Waals surface area contributed by atoms with Crippen molar-refractivity contribution in [3.05, 3.63) is 18.1 Å². The van der Waals surface area contributed by atoms with Crippen LogP contribution in [0.25, 0.3) is 0 Å². The lowest BCUT2D eigenvalue weighted by Gasteiger charge is -2.01. The van der Waals surface area contributed by atoms with Gasteiger partial charge in [-0.1, -0.05) is 13.3 Å². The molecule has 0 saturated heterocycles. The molecule has 1 aromatic heterocycles. The van der Waals surface area contributed by atoms with Gasteiger partial charge in [0, 0.05) is 13.2 Å². The minimum absolute atomic E-state index is 0.851. The zero-order valence-corrected chi connectivity index (χ0v) is 7.67. The maximum atomic E-state index is 4.36. The summed E-state index contributed by atoms with van der Waals surface area (Å²) in [7, 11) is 1.85. The summed E-state index contributed by atoms with van der Waals surface area (Å²) in [6.45, 7) is 2.18. The van der Waals surface area contributed by atoms with Gasteiger partial charge in [0.25, 0.3) is 0 Å². The van der Waals surface area contributed by atoms with Crippen molar-refractivity contribution in [2.45, 2.75) is 26.2 Å². The van der Waals surface area contributed by atoms with Gasteiger partial charge in [0.05, 0.1) is 11.9 Å². The highest BCUT2D eigenvalue weighted by molar-refractivity contribution is 5.30. The monoisotopic (exact) mass is 165 g/mol. The SMILES string of the molecule is CCCCc1cncc(NC)n1. The Bertz CT molecular complexity index is 235. The molecule has 0 unspecified atom stereocenters. The zero-order chi connectivity index (χ0) is 8.81. The standard InChI is InChI=1S/C9H15N3/c1-3-4-5-8-6-11-7-9(10-2)12-8/h6-7H,3-5H2,1-2H3,(H,10,12). The molecule has 3 heteroatoms. The van der Waals surface area contributed by atoms with Gasteiger partial charge < -0.3 is 5.32 Å². The first-order valence-electron chi connectivity index (χ1n) is 4.35. The minimum atomic E-state index is 0.851. The molecule has 0 fully saturated rings. The maximum absolute atomic E-state index is 4.36. The van der Waals surface area contributed by atoms with Crippen molar-refractivity contribution < 1.29 is 0 Å². The molecule has 66 valence electrons. The quantitative estimate of drug-likeness (QED) is 0.740. The molecule has 0 atom stereocenters. The predicted octanol–water partition coefficient (Wildman–Crippen LogP) is 1.86. The van der Waals surface area contributed by atoms with E-state index in [1.165, 1.54) is 12.8 Å². The van der Waals surface area contributed by atoms with E-state index in [0.29, 0.717) is 0 Å². The number of hydrogen-bond donors (Lipinski definition) is 1. The van der Waals surface area contributed by atoms with Crippen LogP contribution in [-0.4, -0.2) is 17.0 Å². The van der Waals surface area contributed by atoms with E-state index in [9.17, 15) is 0 Å². The van der Waals surface area contributed by atoms with Crippen LogP contribution in [0.2, 0.25) is 0 Å². The second kappa shape index (κ2) is 4.70. The average Bonchev–Trinajstić information content (AvgIpc) is 2.15. The second-order valence-corrected chi connectivity index (χ2v) is 2.75. The van der Waals surface area contributed by atoms with Crippen molar-refractivity contribution >= 4 is 5.82 Å². The van der Waals surface area contributed by atoms with Crippen LogP contribution in [0.4, 0.5) is 5.82 Å². The first kappa shape index (κ1) is 8.97. The summed E-state index contributed by atoms with van der Waals surface area (Å²) in [6.07, 6.45) is 6.97. The van der Waals surface area contributed by atoms with Gasteiger partial charge in [-0.15, -0.1) is 0 Å². The molecule has 12 heavy (non-hydrogen) atoms. The van der Waals surface area contributed by atoms with Crippen LogP contribution >= 0.6 is 0 Å². The summed E-state index contributed by atoms with van der Waals surface area (Å²) in [4.78, 5) is 8.44. The van der Waals surface area contributed by atoms with Crippen molar-refractivity contribution in [2.75, 3.05) is 12.4 Å². The van der Waals surface area contributed by atoms with Crippen LogP contribution in [0.5, 0.6) is 0 Å². The van der Waals surface area contributed by atoms with Crippen LogP contribution in [0.15, 0.2) is 12.4 Å². The van der Waals surface area contributed by atoms with Crippen LogP contribution < -0.4 is 5.32 Å². The number of aryl methyl sites for hydroxylation is 1.